The molecule has 26 heavy (non-hydrogen) atoms. The lowest BCUT2D eigenvalue weighted by molar-refractivity contribution is 0.0951. The Hall–Kier alpha value is -2.08. The summed E-state index contributed by atoms with van der Waals surface area (Å²) < 4.78 is 0. The minimum atomic E-state index is -0.225. The molecule has 1 aliphatic carbocycles. The molecule has 142 valence electrons. The highest BCUT2D eigenvalue weighted by Gasteiger charge is 2.24. The van der Waals surface area contributed by atoms with Crippen LogP contribution in [0.25, 0.3) is 0 Å². The van der Waals surface area contributed by atoms with E-state index >= 15 is 0 Å². The van der Waals surface area contributed by atoms with E-state index in [1.165, 1.54) is 19.3 Å². The van der Waals surface area contributed by atoms with Crippen molar-refractivity contribution in [3.63, 3.8) is 0 Å². The van der Waals surface area contributed by atoms with Crippen molar-refractivity contribution < 1.29 is 9.59 Å². The summed E-state index contributed by atoms with van der Waals surface area (Å²) in [6.07, 6.45) is 5.89. The van der Waals surface area contributed by atoms with Gasteiger partial charge in [-0.25, -0.2) is 4.79 Å². The molecule has 1 heterocycles. The van der Waals surface area contributed by atoms with Crippen LogP contribution in [0.2, 0.25) is 0 Å². The number of nitrogens with one attached hydrogen (secondary N) is 3. The lowest BCUT2D eigenvalue weighted by Crippen LogP contribution is -2.43. The van der Waals surface area contributed by atoms with Crippen LogP contribution >= 0.6 is 0 Å². The quantitative estimate of drug-likeness (QED) is 0.732. The van der Waals surface area contributed by atoms with E-state index in [9.17, 15) is 9.59 Å². The SMILES string of the molecule is Cc1ccc(C(=O)NC2CC2)cc1NC(=O)NCCN1CCCCC1C. The van der Waals surface area contributed by atoms with Gasteiger partial charge in [0.2, 0.25) is 0 Å². The van der Waals surface area contributed by atoms with E-state index < -0.39 is 0 Å². The van der Waals surface area contributed by atoms with Gasteiger partial charge in [-0.2, -0.15) is 0 Å². The van der Waals surface area contributed by atoms with E-state index in [4.69, 9.17) is 0 Å². The molecule has 1 aromatic carbocycles. The first kappa shape index (κ1) is 18.7. The van der Waals surface area contributed by atoms with Gasteiger partial charge in [0, 0.05) is 36.4 Å². The molecule has 2 aliphatic rings. The number of urea groups is 1. The van der Waals surface area contributed by atoms with Crippen LogP contribution in [0.5, 0.6) is 0 Å². The van der Waals surface area contributed by atoms with Gasteiger partial charge in [0.05, 0.1) is 0 Å². The smallest absolute Gasteiger partial charge is 0.319 e. The van der Waals surface area contributed by atoms with E-state index in [1.54, 1.807) is 12.1 Å². The lowest BCUT2D eigenvalue weighted by Gasteiger charge is -2.33. The number of hydrogen-bond acceptors (Lipinski definition) is 3. The fourth-order valence-electron chi connectivity index (χ4n) is 3.36. The molecule has 3 rings (SSSR count). The second-order valence-corrected chi connectivity index (χ2v) is 7.54. The second kappa shape index (κ2) is 8.54. The van der Waals surface area contributed by atoms with Crippen LogP contribution in [0.15, 0.2) is 18.2 Å². The van der Waals surface area contributed by atoms with Crippen LogP contribution in [0.4, 0.5) is 10.5 Å². The van der Waals surface area contributed by atoms with E-state index in [2.05, 4.69) is 27.8 Å². The van der Waals surface area contributed by atoms with Crippen LogP contribution in [0.3, 0.4) is 0 Å². The standard InChI is InChI=1S/C20H30N4O2/c1-14-6-7-16(19(25)22-17-8-9-17)13-18(14)23-20(26)21-10-12-24-11-4-3-5-15(24)2/h6-7,13,15,17H,3-5,8-12H2,1-2H3,(H,22,25)(H2,21,23,26). The van der Waals surface area contributed by atoms with E-state index in [0.29, 0.717) is 29.9 Å². The van der Waals surface area contributed by atoms with Gasteiger partial charge in [-0.1, -0.05) is 12.5 Å². The molecule has 1 saturated carbocycles. The average Bonchev–Trinajstić information content (AvgIpc) is 3.42. The van der Waals surface area contributed by atoms with Crippen molar-refractivity contribution in [2.75, 3.05) is 25.0 Å². The van der Waals surface area contributed by atoms with Crippen LogP contribution in [-0.4, -0.2) is 48.6 Å². The van der Waals surface area contributed by atoms with E-state index in [1.807, 2.05) is 13.0 Å². The van der Waals surface area contributed by atoms with Crippen molar-refractivity contribution in [1.29, 1.82) is 0 Å². The molecule has 6 heteroatoms. The van der Waals surface area contributed by atoms with E-state index in [-0.39, 0.29) is 11.9 Å². The number of hydrogen-bond donors (Lipinski definition) is 3. The summed E-state index contributed by atoms with van der Waals surface area (Å²) >= 11 is 0. The molecule has 1 aromatic rings. The maximum atomic E-state index is 12.2. The zero-order chi connectivity index (χ0) is 18.5. The highest BCUT2D eigenvalue weighted by molar-refractivity contribution is 5.97. The topological polar surface area (TPSA) is 73.5 Å². The van der Waals surface area contributed by atoms with Crippen molar-refractivity contribution in [3.05, 3.63) is 29.3 Å². The Labute approximate surface area is 155 Å². The number of carbonyl (C=O) groups is 2. The molecule has 6 nitrogen and oxygen atoms in total. The first-order chi connectivity index (χ1) is 12.5. The van der Waals surface area contributed by atoms with Gasteiger partial charge < -0.3 is 16.0 Å². The molecule has 3 N–H and O–H groups in total. The maximum absolute atomic E-state index is 12.2. The molecule has 3 amide bonds. The normalized spacial score (nSPS) is 20.5. The number of aryl methyl sites for hydroxylation is 1. The lowest BCUT2D eigenvalue weighted by atomic mass is 10.0. The summed E-state index contributed by atoms with van der Waals surface area (Å²) in [6.45, 7) is 6.78. The summed E-state index contributed by atoms with van der Waals surface area (Å²) in [5, 5.41) is 8.77. The third-order valence-corrected chi connectivity index (χ3v) is 5.29. The highest BCUT2D eigenvalue weighted by Crippen LogP contribution is 2.21. The van der Waals surface area contributed by atoms with Gasteiger partial charge in [-0.15, -0.1) is 0 Å². The number of anilines is 1. The third kappa shape index (κ3) is 5.21. The molecular weight excluding hydrogens is 328 g/mol. The van der Waals surface area contributed by atoms with Crippen LogP contribution in [-0.2, 0) is 0 Å². The van der Waals surface area contributed by atoms with Crippen LogP contribution < -0.4 is 16.0 Å². The Morgan fingerprint density at radius 3 is 2.73 bits per heavy atom. The average molecular weight is 358 g/mol. The number of benzene rings is 1. The molecule has 1 saturated heterocycles. The Balaban J connectivity index is 1.49. The van der Waals surface area contributed by atoms with Gasteiger partial charge in [0.25, 0.3) is 5.91 Å². The molecule has 0 radical (unpaired) electrons. The summed E-state index contributed by atoms with van der Waals surface area (Å²) in [5.74, 6) is -0.0740. The molecule has 1 aliphatic heterocycles. The van der Waals surface area contributed by atoms with Crippen molar-refractivity contribution in [2.24, 2.45) is 0 Å². The first-order valence-corrected chi connectivity index (χ1v) is 9.73. The molecule has 0 aromatic heterocycles. The highest BCUT2D eigenvalue weighted by atomic mass is 16.2. The maximum Gasteiger partial charge on any atom is 0.319 e. The Morgan fingerprint density at radius 1 is 1.19 bits per heavy atom. The predicted octanol–water partition coefficient (Wildman–Crippen LogP) is 2.88. The largest absolute Gasteiger partial charge is 0.349 e. The zero-order valence-electron chi connectivity index (χ0n) is 15.8. The van der Waals surface area contributed by atoms with Gasteiger partial charge in [0.15, 0.2) is 0 Å². The predicted molar refractivity (Wildman–Crippen MR) is 104 cm³/mol. The van der Waals surface area contributed by atoms with Crippen molar-refractivity contribution in [1.82, 2.24) is 15.5 Å². The summed E-state index contributed by atoms with van der Waals surface area (Å²) in [4.78, 5) is 26.8. The van der Waals surface area contributed by atoms with Crippen LogP contribution in [0.1, 0.15) is 54.9 Å². The number of likely N-dealkylation sites (tertiary alicyclic amines) is 1. The van der Waals surface area contributed by atoms with Crippen molar-refractivity contribution in [3.8, 4) is 0 Å². The van der Waals surface area contributed by atoms with Crippen molar-refractivity contribution >= 4 is 17.6 Å². The Morgan fingerprint density at radius 2 is 2.00 bits per heavy atom. The van der Waals surface area contributed by atoms with Gasteiger partial charge in [-0.05, 0) is 63.8 Å². The van der Waals surface area contributed by atoms with E-state index in [0.717, 1.165) is 31.5 Å². The molecule has 1 unspecified atom stereocenters. The number of piperidine rings is 1. The molecule has 0 bridgehead atoms. The number of nitrogens with zero attached hydrogens (tertiary/aromatic N) is 1. The first-order valence-electron chi connectivity index (χ1n) is 9.73. The minimum absolute atomic E-state index is 0.0740. The summed E-state index contributed by atoms with van der Waals surface area (Å²) in [5.41, 5.74) is 2.20. The van der Waals surface area contributed by atoms with Gasteiger partial charge >= 0.3 is 6.03 Å². The number of rotatable bonds is 6. The Bertz CT molecular complexity index is 657. The van der Waals surface area contributed by atoms with Gasteiger partial charge in [0.1, 0.15) is 0 Å². The number of carbonyl (C=O) groups excluding carboxylic acids is 2. The second-order valence-electron chi connectivity index (χ2n) is 7.54. The third-order valence-electron chi connectivity index (χ3n) is 5.29. The van der Waals surface area contributed by atoms with Crippen LogP contribution in [0, 0.1) is 6.92 Å². The molecular formula is C20H30N4O2. The summed E-state index contributed by atoms with van der Waals surface area (Å²) in [6, 6.07) is 6.11. The number of amides is 3. The van der Waals surface area contributed by atoms with Crippen molar-refractivity contribution in [2.45, 2.75) is 58.0 Å². The fraction of sp³-hybridized carbons (Fsp3) is 0.600. The Kier molecular flexibility index (Phi) is 6.14. The minimum Gasteiger partial charge on any atom is -0.349 e. The molecule has 1 atom stereocenters. The fourth-order valence-corrected chi connectivity index (χ4v) is 3.36. The monoisotopic (exact) mass is 358 g/mol. The van der Waals surface area contributed by atoms with Gasteiger partial charge in [-0.3, -0.25) is 9.69 Å². The summed E-state index contributed by atoms with van der Waals surface area (Å²) in [7, 11) is 0. The molecule has 0 spiro atoms. The molecule has 2 fully saturated rings. The zero-order valence-corrected chi connectivity index (χ0v) is 15.8.